The molecular formula is C19H17N3O5. The largest absolute Gasteiger partial charge is 0.493 e. The molecule has 0 fully saturated rings. The van der Waals surface area contributed by atoms with Crippen LogP contribution in [0, 0.1) is 10.1 Å². The van der Waals surface area contributed by atoms with Crippen LogP contribution in [0.5, 0.6) is 5.75 Å². The molecule has 0 bridgehead atoms. The SMILES string of the molecule is CCCOc1ccc2ccccc2c1/C=C/c1[nH]c(=O)[nH]c(=O)c1[N+](=O)[O-]. The van der Waals surface area contributed by atoms with Crippen molar-refractivity contribution in [1.29, 1.82) is 0 Å². The first-order chi connectivity index (χ1) is 13.0. The summed E-state index contributed by atoms with van der Waals surface area (Å²) >= 11 is 0. The first kappa shape index (κ1) is 18.1. The Labute approximate surface area is 153 Å². The third kappa shape index (κ3) is 3.79. The molecular weight excluding hydrogens is 350 g/mol. The van der Waals surface area contributed by atoms with E-state index in [1.54, 1.807) is 6.08 Å². The molecule has 8 heteroatoms. The van der Waals surface area contributed by atoms with E-state index in [2.05, 4.69) is 4.98 Å². The van der Waals surface area contributed by atoms with Crippen LogP contribution in [0.25, 0.3) is 22.9 Å². The van der Waals surface area contributed by atoms with Crippen molar-refractivity contribution < 1.29 is 9.66 Å². The smallest absolute Gasteiger partial charge is 0.357 e. The fourth-order valence-corrected chi connectivity index (χ4v) is 2.75. The molecule has 0 aliphatic carbocycles. The summed E-state index contributed by atoms with van der Waals surface area (Å²) in [6.45, 7) is 2.50. The molecule has 27 heavy (non-hydrogen) atoms. The van der Waals surface area contributed by atoms with Crippen LogP contribution in [0.4, 0.5) is 5.69 Å². The Morgan fingerprint density at radius 1 is 1.11 bits per heavy atom. The number of nitro groups is 1. The van der Waals surface area contributed by atoms with E-state index in [1.165, 1.54) is 6.08 Å². The maximum Gasteiger partial charge on any atom is 0.357 e. The Morgan fingerprint density at radius 3 is 2.63 bits per heavy atom. The quantitative estimate of drug-likeness (QED) is 0.513. The lowest BCUT2D eigenvalue weighted by atomic mass is 10.0. The molecule has 1 heterocycles. The highest BCUT2D eigenvalue weighted by Gasteiger charge is 2.19. The van der Waals surface area contributed by atoms with Gasteiger partial charge in [-0.1, -0.05) is 37.3 Å². The van der Waals surface area contributed by atoms with E-state index in [4.69, 9.17) is 4.74 Å². The van der Waals surface area contributed by atoms with Crippen molar-refractivity contribution in [2.24, 2.45) is 0 Å². The molecule has 8 nitrogen and oxygen atoms in total. The number of nitrogens with zero attached hydrogens (tertiary/aromatic N) is 1. The van der Waals surface area contributed by atoms with Gasteiger partial charge in [0.2, 0.25) is 0 Å². The van der Waals surface area contributed by atoms with E-state index >= 15 is 0 Å². The Hall–Kier alpha value is -3.68. The second-order valence-electron chi connectivity index (χ2n) is 5.81. The van der Waals surface area contributed by atoms with Crippen LogP contribution in [0.15, 0.2) is 46.0 Å². The summed E-state index contributed by atoms with van der Waals surface area (Å²) in [6.07, 6.45) is 3.77. The molecule has 2 aromatic carbocycles. The molecule has 1 aromatic heterocycles. The zero-order valence-electron chi connectivity index (χ0n) is 14.5. The van der Waals surface area contributed by atoms with Crippen LogP contribution < -0.4 is 16.0 Å². The zero-order chi connectivity index (χ0) is 19.4. The van der Waals surface area contributed by atoms with Crippen LogP contribution in [0.2, 0.25) is 0 Å². The summed E-state index contributed by atoms with van der Waals surface area (Å²) in [5, 5.41) is 13.0. The van der Waals surface area contributed by atoms with E-state index in [1.807, 2.05) is 48.3 Å². The fraction of sp³-hybridized carbons (Fsp3) is 0.158. The molecule has 3 aromatic rings. The number of benzene rings is 2. The Morgan fingerprint density at radius 2 is 1.89 bits per heavy atom. The molecule has 0 aliphatic rings. The van der Waals surface area contributed by atoms with E-state index in [9.17, 15) is 19.7 Å². The first-order valence-corrected chi connectivity index (χ1v) is 8.35. The molecule has 0 saturated carbocycles. The molecule has 0 aliphatic heterocycles. The molecule has 2 N–H and O–H groups in total. The molecule has 0 spiro atoms. The minimum atomic E-state index is -1.05. The van der Waals surface area contributed by atoms with Gasteiger partial charge in [0.05, 0.1) is 11.5 Å². The van der Waals surface area contributed by atoms with Crippen LogP contribution in [0.3, 0.4) is 0 Å². The third-order valence-corrected chi connectivity index (χ3v) is 3.94. The zero-order valence-corrected chi connectivity index (χ0v) is 14.5. The highest BCUT2D eigenvalue weighted by molar-refractivity contribution is 5.95. The van der Waals surface area contributed by atoms with Crippen molar-refractivity contribution in [1.82, 2.24) is 9.97 Å². The van der Waals surface area contributed by atoms with Crippen molar-refractivity contribution in [3.63, 3.8) is 0 Å². The normalized spacial score (nSPS) is 11.1. The molecule has 0 amide bonds. The average molecular weight is 367 g/mol. The van der Waals surface area contributed by atoms with Gasteiger partial charge in [-0.2, -0.15) is 0 Å². The van der Waals surface area contributed by atoms with Gasteiger partial charge < -0.3 is 9.72 Å². The lowest BCUT2D eigenvalue weighted by molar-refractivity contribution is -0.386. The van der Waals surface area contributed by atoms with Gasteiger partial charge in [0.25, 0.3) is 0 Å². The van der Waals surface area contributed by atoms with Gasteiger partial charge in [0, 0.05) is 5.56 Å². The Balaban J connectivity index is 2.18. The lowest BCUT2D eigenvalue weighted by Crippen LogP contribution is -2.25. The third-order valence-electron chi connectivity index (χ3n) is 3.94. The number of nitrogens with one attached hydrogen (secondary N) is 2. The Kier molecular flexibility index (Phi) is 5.16. The number of rotatable bonds is 6. The number of H-pyrrole nitrogens is 2. The predicted octanol–water partition coefficient (Wildman–Crippen LogP) is 3.08. The highest BCUT2D eigenvalue weighted by Crippen LogP contribution is 2.30. The van der Waals surface area contributed by atoms with E-state index in [0.717, 1.165) is 17.2 Å². The van der Waals surface area contributed by atoms with E-state index in [-0.39, 0.29) is 5.69 Å². The lowest BCUT2D eigenvalue weighted by Gasteiger charge is -2.11. The van der Waals surface area contributed by atoms with Crippen LogP contribution in [0.1, 0.15) is 24.6 Å². The van der Waals surface area contributed by atoms with Crippen molar-refractivity contribution in [3.8, 4) is 5.75 Å². The van der Waals surface area contributed by atoms with Gasteiger partial charge in [-0.05, 0) is 35.4 Å². The second kappa shape index (κ2) is 7.69. The maximum absolute atomic E-state index is 11.8. The van der Waals surface area contributed by atoms with Gasteiger partial charge >= 0.3 is 16.9 Å². The average Bonchev–Trinajstić information content (AvgIpc) is 2.63. The summed E-state index contributed by atoms with van der Waals surface area (Å²) in [7, 11) is 0. The standard InChI is InChI=1S/C19H17N3O5/c1-2-11-27-16-10-7-12-5-3-4-6-13(12)14(16)8-9-15-17(22(25)26)18(23)21-19(24)20-15/h3-10H,2,11H2,1H3,(H2,20,21,23,24)/b9-8+. The molecule has 0 atom stereocenters. The van der Waals surface area contributed by atoms with Gasteiger partial charge in [0.15, 0.2) is 0 Å². The van der Waals surface area contributed by atoms with Crippen molar-refractivity contribution >= 4 is 28.6 Å². The first-order valence-electron chi connectivity index (χ1n) is 8.35. The molecule has 3 rings (SSSR count). The van der Waals surface area contributed by atoms with E-state index in [0.29, 0.717) is 17.9 Å². The molecule has 0 unspecified atom stereocenters. The van der Waals surface area contributed by atoms with Crippen LogP contribution in [-0.2, 0) is 0 Å². The molecule has 0 radical (unpaired) electrons. The number of ether oxygens (including phenoxy) is 1. The van der Waals surface area contributed by atoms with Crippen molar-refractivity contribution in [2.45, 2.75) is 13.3 Å². The van der Waals surface area contributed by atoms with E-state index < -0.39 is 21.9 Å². The van der Waals surface area contributed by atoms with Gasteiger partial charge in [-0.15, -0.1) is 0 Å². The van der Waals surface area contributed by atoms with Gasteiger partial charge in [-0.3, -0.25) is 19.9 Å². The Bertz CT molecular complexity index is 1140. The summed E-state index contributed by atoms with van der Waals surface area (Å²) in [4.78, 5) is 37.8. The van der Waals surface area contributed by atoms with Gasteiger partial charge in [0.1, 0.15) is 11.4 Å². The fourth-order valence-electron chi connectivity index (χ4n) is 2.75. The van der Waals surface area contributed by atoms with Crippen LogP contribution in [-0.4, -0.2) is 21.5 Å². The minimum absolute atomic E-state index is 0.178. The van der Waals surface area contributed by atoms with Crippen molar-refractivity contribution in [2.75, 3.05) is 6.61 Å². The second-order valence-corrected chi connectivity index (χ2v) is 5.81. The highest BCUT2D eigenvalue weighted by atomic mass is 16.6. The van der Waals surface area contributed by atoms with Crippen molar-refractivity contribution in [3.05, 3.63) is 78.6 Å². The number of fused-ring (bicyclic) bond motifs is 1. The summed E-state index contributed by atoms with van der Waals surface area (Å²) in [6, 6.07) is 11.4. The monoisotopic (exact) mass is 367 g/mol. The number of hydrogen-bond donors (Lipinski definition) is 2. The number of aromatic nitrogens is 2. The minimum Gasteiger partial charge on any atom is -0.493 e. The molecule has 0 saturated heterocycles. The topological polar surface area (TPSA) is 118 Å². The van der Waals surface area contributed by atoms with Crippen LogP contribution >= 0.6 is 0 Å². The summed E-state index contributed by atoms with van der Waals surface area (Å²) < 4.78 is 5.78. The summed E-state index contributed by atoms with van der Waals surface area (Å²) in [5.41, 5.74) is -2.06. The number of aromatic amines is 2. The number of hydrogen-bond acceptors (Lipinski definition) is 5. The predicted molar refractivity (Wildman–Crippen MR) is 103 cm³/mol. The summed E-state index contributed by atoms with van der Waals surface area (Å²) in [5.74, 6) is 0.613. The maximum atomic E-state index is 11.8. The van der Waals surface area contributed by atoms with Gasteiger partial charge in [-0.25, -0.2) is 4.79 Å². The molecule has 138 valence electrons.